The van der Waals surface area contributed by atoms with E-state index in [2.05, 4.69) is 5.32 Å². The Morgan fingerprint density at radius 3 is 2.06 bits per heavy atom. The Kier molecular flexibility index (Phi) is 9.28. The van der Waals surface area contributed by atoms with Crippen molar-refractivity contribution in [2.24, 2.45) is 0 Å². The summed E-state index contributed by atoms with van der Waals surface area (Å²) in [4.78, 5) is 27.3. The first kappa shape index (κ1) is 26.2. The van der Waals surface area contributed by atoms with Crippen molar-refractivity contribution in [2.75, 3.05) is 30.8 Å². The number of ether oxygens (including phenoxy) is 1. The Morgan fingerprint density at radius 2 is 1.58 bits per heavy atom. The molecule has 2 rings (SSSR count). The second kappa shape index (κ2) is 11.7. The summed E-state index contributed by atoms with van der Waals surface area (Å²) in [7, 11) is -2.17. The molecule has 0 radical (unpaired) electrons. The van der Waals surface area contributed by atoms with E-state index in [1.165, 1.54) is 4.90 Å². The molecule has 1 atom stereocenters. The molecule has 0 unspecified atom stereocenters. The number of rotatable bonds is 11. The Balaban J connectivity index is 2.35. The van der Waals surface area contributed by atoms with E-state index in [0.717, 1.165) is 28.1 Å². The van der Waals surface area contributed by atoms with Gasteiger partial charge >= 0.3 is 0 Å². The van der Waals surface area contributed by atoms with Crippen LogP contribution >= 0.6 is 0 Å². The van der Waals surface area contributed by atoms with E-state index < -0.39 is 28.5 Å². The molecule has 1 N–H and O–H groups in total. The van der Waals surface area contributed by atoms with Gasteiger partial charge in [0.1, 0.15) is 18.3 Å². The van der Waals surface area contributed by atoms with Crippen LogP contribution in [0.5, 0.6) is 5.75 Å². The fourth-order valence-corrected chi connectivity index (χ4v) is 4.19. The van der Waals surface area contributed by atoms with E-state index in [-0.39, 0.29) is 12.5 Å². The Bertz CT molecular complexity index is 1040. The predicted molar refractivity (Wildman–Crippen MR) is 130 cm³/mol. The number of benzene rings is 2. The number of aryl methyl sites for hydroxylation is 1. The smallest absolute Gasteiger partial charge is 0.244 e. The Labute approximate surface area is 196 Å². The third-order valence-corrected chi connectivity index (χ3v) is 6.48. The third-order valence-electron chi connectivity index (χ3n) is 5.34. The molecule has 2 amide bonds. The molecule has 9 heteroatoms. The molecule has 0 aliphatic carbocycles. The van der Waals surface area contributed by atoms with Crippen molar-refractivity contribution in [3.8, 4) is 5.75 Å². The number of anilines is 1. The zero-order valence-corrected chi connectivity index (χ0v) is 20.7. The van der Waals surface area contributed by atoms with E-state index in [1.54, 1.807) is 57.4 Å². The summed E-state index contributed by atoms with van der Waals surface area (Å²) in [5.74, 6) is -0.112. The maximum absolute atomic E-state index is 13.4. The first-order chi connectivity index (χ1) is 15.6. The highest BCUT2D eigenvalue weighted by atomic mass is 32.2. The van der Waals surface area contributed by atoms with Gasteiger partial charge in [-0.05, 0) is 55.7 Å². The number of sulfonamides is 1. The van der Waals surface area contributed by atoms with Gasteiger partial charge in [0, 0.05) is 13.1 Å². The average molecular weight is 476 g/mol. The molecule has 0 bridgehead atoms. The summed E-state index contributed by atoms with van der Waals surface area (Å²) in [6, 6.07) is 13.4. The van der Waals surface area contributed by atoms with Crippen LogP contribution in [0.3, 0.4) is 0 Å². The molecule has 2 aromatic carbocycles. The highest BCUT2D eigenvalue weighted by molar-refractivity contribution is 7.92. The maximum atomic E-state index is 13.4. The largest absolute Gasteiger partial charge is 0.497 e. The number of likely N-dealkylation sites (N-methyl/N-ethyl adjacent to an activating group) is 1. The molecular formula is C24H33N3O5S. The Morgan fingerprint density at radius 1 is 1.00 bits per heavy atom. The lowest BCUT2D eigenvalue weighted by atomic mass is 10.1. The quantitative estimate of drug-likeness (QED) is 0.539. The molecule has 0 saturated heterocycles. The number of carbonyl (C=O) groups is 2. The standard InChI is InChI=1S/C24H33N3O5S/c1-6-19-8-12-21(13-9-19)27(33(5,30)31)17-23(28)26(18(3)24(29)25-7-2)16-20-10-14-22(32-4)15-11-20/h8-15,18H,6-7,16-17H2,1-5H3,(H,25,29)/t18-/m0/s1. The van der Waals surface area contributed by atoms with Gasteiger partial charge in [-0.15, -0.1) is 0 Å². The van der Waals surface area contributed by atoms with Gasteiger partial charge in [0.25, 0.3) is 0 Å². The summed E-state index contributed by atoms with van der Waals surface area (Å²) in [6.07, 6.45) is 1.88. The number of methoxy groups -OCH3 is 1. The minimum Gasteiger partial charge on any atom is -0.497 e. The van der Waals surface area contributed by atoms with Crippen LogP contribution in [-0.2, 0) is 32.6 Å². The SMILES string of the molecule is CCNC(=O)[C@H](C)N(Cc1ccc(OC)cc1)C(=O)CN(c1ccc(CC)cc1)S(C)(=O)=O. The van der Waals surface area contributed by atoms with Crippen molar-refractivity contribution in [1.82, 2.24) is 10.2 Å². The maximum Gasteiger partial charge on any atom is 0.244 e. The summed E-state index contributed by atoms with van der Waals surface area (Å²) in [5.41, 5.74) is 2.25. The summed E-state index contributed by atoms with van der Waals surface area (Å²) in [5, 5.41) is 2.73. The highest BCUT2D eigenvalue weighted by Gasteiger charge is 2.29. The summed E-state index contributed by atoms with van der Waals surface area (Å²) < 4.78 is 31.3. The van der Waals surface area contributed by atoms with Gasteiger partial charge in [-0.2, -0.15) is 0 Å². The topological polar surface area (TPSA) is 96.0 Å². The highest BCUT2D eigenvalue weighted by Crippen LogP contribution is 2.20. The molecule has 0 aromatic heterocycles. The first-order valence-electron chi connectivity index (χ1n) is 10.9. The van der Waals surface area contributed by atoms with Gasteiger partial charge in [-0.1, -0.05) is 31.2 Å². The van der Waals surface area contributed by atoms with Crippen LogP contribution in [0, 0.1) is 0 Å². The molecule has 180 valence electrons. The minimum absolute atomic E-state index is 0.146. The van der Waals surface area contributed by atoms with Gasteiger partial charge in [0.2, 0.25) is 21.8 Å². The third kappa shape index (κ3) is 7.21. The second-order valence-electron chi connectivity index (χ2n) is 7.73. The van der Waals surface area contributed by atoms with Crippen LogP contribution in [0.4, 0.5) is 5.69 Å². The monoisotopic (exact) mass is 475 g/mol. The van der Waals surface area contributed by atoms with Crippen LogP contribution < -0.4 is 14.4 Å². The van der Waals surface area contributed by atoms with Crippen LogP contribution in [0.25, 0.3) is 0 Å². The van der Waals surface area contributed by atoms with Gasteiger partial charge in [0.05, 0.1) is 19.1 Å². The van der Waals surface area contributed by atoms with Crippen LogP contribution in [-0.4, -0.2) is 57.6 Å². The molecule has 8 nitrogen and oxygen atoms in total. The fourth-order valence-electron chi connectivity index (χ4n) is 3.34. The van der Waals surface area contributed by atoms with Crippen molar-refractivity contribution in [1.29, 1.82) is 0 Å². The lowest BCUT2D eigenvalue weighted by molar-refractivity contribution is -0.139. The van der Waals surface area contributed by atoms with E-state index in [4.69, 9.17) is 4.74 Å². The van der Waals surface area contributed by atoms with Crippen LogP contribution in [0.15, 0.2) is 48.5 Å². The predicted octanol–water partition coefficient (Wildman–Crippen LogP) is 2.58. The van der Waals surface area contributed by atoms with E-state index >= 15 is 0 Å². The lowest BCUT2D eigenvalue weighted by Gasteiger charge is -2.31. The van der Waals surface area contributed by atoms with E-state index in [9.17, 15) is 18.0 Å². The van der Waals surface area contributed by atoms with Crippen molar-refractivity contribution < 1.29 is 22.7 Å². The van der Waals surface area contributed by atoms with Crippen molar-refractivity contribution in [2.45, 2.75) is 39.8 Å². The van der Waals surface area contributed by atoms with E-state index in [0.29, 0.717) is 18.0 Å². The molecule has 0 aliphatic heterocycles. The normalized spacial score (nSPS) is 12.0. The average Bonchev–Trinajstić information content (AvgIpc) is 2.80. The molecule has 33 heavy (non-hydrogen) atoms. The minimum atomic E-state index is -3.74. The zero-order chi connectivity index (χ0) is 24.6. The van der Waals surface area contributed by atoms with Crippen LogP contribution in [0.1, 0.15) is 31.9 Å². The van der Waals surface area contributed by atoms with Gasteiger partial charge in [0.15, 0.2) is 0 Å². The summed E-state index contributed by atoms with van der Waals surface area (Å²) in [6.45, 7) is 5.59. The lowest BCUT2D eigenvalue weighted by Crippen LogP contribution is -2.51. The van der Waals surface area contributed by atoms with Crippen molar-refractivity contribution in [3.05, 3.63) is 59.7 Å². The molecule has 2 aromatic rings. The van der Waals surface area contributed by atoms with E-state index in [1.807, 2.05) is 19.1 Å². The molecular weight excluding hydrogens is 442 g/mol. The number of nitrogens with one attached hydrogen (secondary N) is 1. The first-order valence-corrected chi connectivity index (χ1v) is 12.7. The molecule has 0 heterocycles. The summed E-state index contributed by atoms with van der Waals surface area (Å²) >= 11 is 0. The zero-order valence-electron chi connectivity index (χ0n) is 19.9. The van der Waals surface area contributed by atoms with Gasteiger partial charge in [-0.3, -0.25) is 13.9 Å². The number of hydrogen-bond donors (Lipinski definition) is 1. The molecule has 0 fully saturated rings. The second-order valence-corrected chi connectivity index (χ2v) is 9.64. The molecule has 0 spiro atoms. The van der Waals surface area contributed by atoms with Gasteiger partial charge < -0.3 is 15.0 Å². The number of nitrogens with zero attached hydrogens (tertiary/aromatic N) is 2. The van der Waals surface area contributed by atoms with Crippen molar-refractivity contribution >= 4 is 27.5 Å². The number of hydrogen-bond acceptors (Lipinski definition) is 5. The molecule has 0 aliphatic rings. The van der Waals surface area contributed by atoms with Crippen molar-refractivity contribution in [3.63, 3.8) is 0 Å². The van der Waals surface area contributed by atoms with Gasteiger partial charge in [-0.25, -0.2) is 8.42 Å². The fraction of sp³-hybridized carbons (Fsp3) is 0.417. The number of amides is 2. The number of carbonyl (C=O) groups excluding carboxylic acids is 2. The molecule has 0 saturated carbocycles. The van der Waals surface area contributed by atoms with Crippen LogP contribution in [0.2, 0.25) is 0 Å². The Hall–Kier alpha value is -3.07.